The van der Waals surface area contributed by atoms with Gasteiger partial charge in [-0.15, -0.1) is 0 Å². The molecule has 178 valence electrons. The van der Waals surface area contributed by atoms with Crippen molar-refractivity contribution in [2.24, 2.45) is 0 Å². The molecule has 1 aromatic heterocycles. The second-order valence-corrected chi connectivity index (χ2v) is 7.56. The number of nitrogens with one attached hydrogen (secondary N) is 1. The zero-order valence-electron chi connectivity index (χ0n) is 19.4. The lowest BCUT2D eigenvalue weighted by Gasteiger charge is -2.12. The van der Waals surface area contributed by atoms with Crippen LogP contribution in [0.15, 0.2) is 77.7 Å². The van der Waals surface area contributed by atoms with Gasteiger partial charge in [0, 0.05) is 17.3 Å². The highest BCUT2D eigenvalue weighted by Crippen LogP contribution is 2.32. The molecule has 3 aromatic carbocycles. The van der Waals surface area contributed by atoms with E-state index in [1.165, 1.54) is 23.8 Å². The van der Waals surface area contributed by atoms with Crippen LogP contribution in [0.25, 0.3) is 23.0 Å². The molecule has 0 fully saturated rings. The number of allylic oxidation sites excluding steroid dienone is 1. The fourth-order valence-electron chi connectivity index (χ4n) is 3.70. The smallest absolute Gasteiger partial charge is 0.330 e. The maximum Gasteiger partial charge on any atom is 0.330 e. The standard InChI is InChI=1S/C27H24N2O6/c1-33-24-12-9-18(15-26(24)35-3)21-16-28-27(32)29(21)20-6-4-5-19(14-20)22(30)10-7-17-8-11-23(31)25(13-17)34-2/h4-16,31H,1-3H3,(H,28,32). The van der Waals surface area contributed by atoms with Crippen LogP contribution >= 0.6 is 0 Å². The number of nitrogens with zero attached hydrogens (tertiary/aromatic N) is 1. The molecular weight excluding hydrogens is 448 g/mol. The van der Waals surface area contributed by atoms with E-state index >= 15 is 0 Å². The number of ketones is 1. The molecule has 0 bridgehead atoms. The first-order valence-corrected chi connectivity index (χ1v) is 10.7. The van der Waals surface area contributed by atoms with Gasteiger partial charge in [0.25, 0.3) is 0 Å². The number of aromatic amines is 1. The van der Waals surface area contributed by atoms with E-state index in [9.17, 15) is 14.7 Å². The highest BCUT2D eigenvalue weighted by molar-refractivity contribution is 6.07. The second kappa shape index (κ2) is 10.0. The number of ether oxygens (including phenoxy) is 3. The lowest BCUT2D eigenvalue weighted by Crippen LogP contribution is -2.16. The number of hydrogen-bond acceptors (Lipinski definition) is 6. The number of H-pyrrole nitrogens is 1. The first kappa shape index (κ1) is 23.4. The predicted octanol–water partition coefficient (Wildman–Crippen LogP) is 4.46. The summed E-state index contributed by atoms with van der Waals surface area (Å²) in [6, 6.07) is 17.0. The van der Waals surface area contributed by atoms with Crippen LogP contribution in [0.5, 0.6) is 23.0 Å². The molecule has 0 saturated carbocycles. The third-order valence-electron chi connectivity index (χ3n) is 5.48. The van der Waals surface area contributed by atoms with Crippen molar-refractivity contribution >= 4 is 11.9 Å². The van der Waals surface area contributed by atoms with Gasteiger partial charge in [0.1, 0.15) is 0 Å². The molecule has 4 aromatic rings. The van der Waals surface area contributed by atoms with Gasteiger partial charge in [0.15, 0.2) is 28.8 Å². The normalized spacial score (nSPS) is 10.9. The Morgan fingerprint density at radius 1 is 0.914 bits per heavy atom. The molecule has 0 saturated heterocycles. The number of rotatable bonds is 8. The van der Waals surface area contributed by atoms with Gasteiger partial charge in [-0.05, 0) is 54.1 Å². The Balaban J connectivity index is 1.67. The van der Waals surface area contributed by atoms with Crippen molar-refractivity contribution < 1.29 is 24.1 Å². The molecular formula is C27H24N2O6. The molecule has 0 radical (unpaired) electrons. The molecule has 0 aliphatic carbocycles. The van der Waals surface area contributed by atoms with E-state index in [2.05, 4.69) is 4.98 Å². The number of imidazole rings is 1. The molecule has 35 heavy (non-hydrogen) atoms. The summed E-state index contributed by atoms with van der Waals surface area (Å²) in [6.07, 6.45) is 4.67. The monoisotopic (exact) mass is 472 g/mol. The SMILES string of the molecule is COc1cc(C=CC(=O)c2cccc(-n3c(-c4ccc(OC)c(OC)c4)c[nH]c3=O)c2)ccc1O. The lowest BCUT2D eigenvalue weighted by molar-refractivity contribution is 0.104. The second-order valence-electron chi connectivity index (χ2n) is 7.56. The van der Waals surface area contributed by atoms with Crippen LogP contribution < -0.4 is 19.9 Å². The maximum absolute atomic E-state index is 12.9. The van der Waals surface area contributed by atoms with E-state index in [-0.39, 0.29) is 17.2 Å². The van der Waals surface area contributed by atoms with Crippen molar-refractivity contribution in [1.29, 1.82) is 0 Å². The molecule has 0 amide bonds. The van der Waals surface area contributed by atoms with Crippen molar-refractivity contribution in [3.8, 4) is 39.9 Å². The summed E-state index contributed by atoms with van der Waals surface area (Å²) in [5.74, 6) is 1.20. The Morgan fingerprint density at radius 2 is 1.69 bits per heavy atom. The summed E-state index contributed by atoms with van der Waals surface area (Å²) in [7, 11) is 4.56. The predicted molar refractivity (Wildman–Crippen MR) is 133 cm³/mol. The summed E-state index contributed by atoms with van der Waals surface area (Å²) >= 11 is 0. The summed E-state index contributed by atoms with van der Waals surface area (Å²) < 4.78 is 17.3. The molecule has 0 aliphatic heterocycles. The Hall–Kier alpha value is -4.72. The van der Waals surface area contributed by atoms with Crippen LogP contribution in [0.4, 0.5) is 0 Å². The first-order valence-electron chi connectivity index (χ1n) is 10.7. The zero-order chi connectivity index (χ0) is 24.9. The van der Waals surface area contributed by atoms with Crippen LogP contribution in [0.3, 0.4) is 0 Å². The zero-order valence-corrected chi connectivity index (χ0v) is 19.4. The molecule has 0 aliphatic rings. The summed E-state index contributed by atoms with van der Waals surface area (Å²) in [5.41, 5.74) is 2.64. The number of benzene rings is 3. The van der Waals surface area contributed by atoms with Crippen molar-refractivity contribution in [1.82, 2.24) is 9.55 Å². The van der Waals surface area contributed by atoms with E-state index in [0.717, 1.165) is 5.56 Å². The largest absolute Gasteiger partial charge is 0.504 e. The fourth-order valence-corrected chi connectivity index (χ4v) is 3.70. The Morgan fingerprint density at radius 3 is 2.43 bits per heavy atom. The molecule has 0 unspecified atom stereocenters. The van der Waals surface area contributed by atoms with Gasteiger partial charge in [0.05, 0.1) is 32.7 Å². The molecule has 1 heterocycles. The average Bonchev–Trinajstić information content (AvgIpc) is 3.28. The first-order chi connectivity index (χ1) is 16.9. The molecule has 2 N–H and O–H groups in total. The topological polar surface area (TPSA) is 103 Å². The van der Waals surface area contributed by atoms with Crippen LogP contribution in [0, 0.1) is 0 Å². The minimum absolute atomic E-state index is 0.0194. The van der Waals surface area contributed by atoms with Gasteiger partial charge in [-0.2, -0.15) is 0 Å². The summed E-state index contributed by atoms with van der Waals surface area (Å²) in [6.45, 7) is 0. The number of methoxy groups -OCH3 is 3. The number of phenolic OH excluding ortho intramolecular Hbond substituents is 1. The number of aromatic hydroxyl groups is 1. The van der Waals surface area contributed by atoms with Gasteiger partial charge in [-0.3, -0.25) is 9.36 Å². The van der Waals surface area contributed by atoms with E-state index in [0.29, 0.717) is 39.8 Å². The third-order valence-corrected chi connectivity index (χ3v) is 5.48. The number of hydrogen-bond donors (Lipinski definition) is 2. The molecule has 8 heteroatoms. The Bertz CT molecular complexity index is 1460. The average molecular weight is 472 g/mol. The number of carbonyl (C=O) groups is 1. The van der Waals surface area contributed by atoms with Crippen LogP contribution in [0.1, 0.15) is 15.9 Å². The van der Waals surface area contributed by atoms with Gasteiger partial charge in [-0.25, -0.2) is 4.79 Å². The number of aromatic nitrogens is 2. The minimum atomic E-state index is -0.342. The van der Waals surface area contributed by atoms with Crippen molar-refractivity contribution in [2.75, 3.05) is 21.3 Å². The van der Waals surface area contributed by atoms with Crippen LogP contribution in [0.2, 0.25) is 0 Å². The van der Waals surface area contributed by atoms with Crippen LogP contribution in [-0.4, -0.2) is 41.8 Å². The maximum atomic E-state index is 12.9. The van der Waals surface area contributed by atoms with E-state index in [4.69, 9.17) is 14.2 Å². The van der Waals surface area contributed by atoms with Gasteiger partial charge in [-0.1, -0.05) is 24.3 Å². The van der Waals surface area contributed by atoms with Gasteiger partial charge < -0.3 is 24.3 Å². The van der Waals surface area contributed by atoms with E-state index in [1.807, 2.05) is 6.07 Å². The fraction of sp³-hybridized carbons (Fsp3) is 0.111. The molecule has 8 nitrogen and oxygen atoms in total. The quantitative estimate of drug-likeness (QED) is 0.290. The van der Waals surface area contributed by atoms with Crippen molar-refractivity contribution in [2.45, 2.75) is 0 Å². The number of phenols is 1. The third kappa shape index (κ3) is 4.81. The minimum Gasteiger partial charge on any atom is -0.504 e. The highest BCUT2D eigenvalue weighted by Gasteiger charge is 2.15. The molecule has 0 spiro atoms. The highest BCUT2D eigenvalue weighted by atomic mass is 16.5. The van der Waals surface area contributed by atoms with Gasteiger partial charge in [0.2, 0.25) is 0 Å². The lowest BCUT2D eigenvalue weighted by atomic mass is 10.1. The number of carbonyl (C=O) groups excluding carboxylic acids is 1. The van der Waals surface area contributed by atoms with E-state index < -0.39 is 0 Å². The molecule has 4 rings (SSSR count). The van der Waals surface area contributed by atoms with Crippen LogP contribution in [-0.2, 0) is 0 Å². The van der Waals surface area contributed by atoms with E-state index in [1.54, 1.807) is 75.0 Å². The van der Waals surface area contributed by atoms with Crippen molar-refractivity contribution in [3.05, 3.63) is 94.5 Å². The molecule has 0 atom stereocenters. The summed E-state index contributed by atoms with van der Waals surface area (Å²) in [4.78, 5) is 28.3. The summed E-state index contributed by atoms with van der Waals surface area (Å²) in [5, 5.41) is 9.73. The Labute approximate surface area is 201 Å². The van der Waals surface area contributed by atoms with Gasteiger partial charge >= 0.3 is 5.69 Å². The van der Waals surface area contributed by atoms with Crippen molar-refractivity contribution in [3.63, 3.8) is 0 Å². The Kier molecular flexibility index (Phi) is 6.73.